The SMILES string of the molecule is COC(CNc1cc2c(=O)[nH]c(C)nc2cc1F)OC. The van der Waals surface area contributed by atoms with Gasteiger partial charge in [0, 0.05) is 20.3 Å². The molecule has 0 aliphatic rings. The number of methoxy groups -OCH3 is 2. The molecule has 0 aliphatic carbocycles. The summed E-state index contributed by atoms with van der Waals surface area (Å²) in [5.41, 5.74) is 0.225. The summed E-state index contributed by atoms with van der Waals surface area (Å²) in [5.74, 6) is -0.0394. The fraction of sp³-hybridized carbons (Fsp3) is 0.385. The quantitative estimate of drug-likeness (QED) is 0.810. The van der Waals surface area contributed by atoms with Crippen molar-refractivity contribution in [2.45, 2.75) is 13.2 Å². The highest BCUT2D eigenvalue weighted by Gasteiger charge is 2.11. The molecule has 2 aromatic rings. The fourth-order valence-corrected chi connectivity index (χ4v) is 1.87. The zero-order chi connectivity index (χ0) is 14.7. The van der Waals surface area contributed by atoms with Crippen molar-refractivity contribution >= 4 is 16.6 Å². The first-order valence-corrected chi connectivity index (χ1v) is 6.04. The average molecular weight is 281 g/mol. The standard InChI is InChI=1S/C13H16FN3O3/c1-7-16-10-5-9(14)11(4-8(10)13(18)17-7)15-6-12(19-2)20-3/h4-5,12,15H,6H2,1-3H3,(H,16,17,18). The Morgan fingerprint density at radius 1 is 1.40 bits per heavy atom. The highest BCUT2D eigenvalue weighted by atomic mass is 19.1. The smallest absolute Gasteiger partial charge is 0.258 e. The summed E-state index contributed by atoms with van der Waals surface area (Å²) in [6.07, 6.45) is -0.500. The molecule has 0 saturated heterocycles. The molecule has 0 fully saturated rings. The molecule has 1 heterocycles. The molecule has 0 spiro atoms. The van der Waals surface area contributed by atoms with Crippen molar-refractivity contribution < 1.29 is 13.9 Å². The van der Waals surface area contributed by atoms with Gasteiger partial charge in [-0.1, -0.05) is 0 Å². The van der Waals surface area contributed by atoms with Crippen LogP contribution in [0.2, 0.25) is 0 Å². The summed E-state index contributed by atoms with van der Waals surface area (Å²) in [6, 6.07) is 2.66. The topological polar surface area (TPSA) is 76.2 Å². The van der Waals surface area contributed by atoms with E-state index in [2.05, 4.69) is 15.3 Å². The molecule has 0 radical (unpaired) electrons. The molecule has 6 nitrogen and oxygen atoms in total. The second kappa shape index (κ2) is 5.98. The van der Waals surface area contributed by atoms with Gasteiger partial charge in [-0.15, -0.1) is 0 Å². The number of nitrogens with one attached hydrogen (secondary N) is 2. The molecule has 2 rings (SSSR count). The van der Waals surface area contributed by atoms with Crippen molar-refractivity contribution in [3.63, 3.8) is 0 Å². The van der Waals surface area contributed by atoms with Crippen LogP contribution in [-0.4, -0.2) is 37.0 Å². The van der Waals surface area contributed by atoms with Crippen LogP contribution in [0.4, 0.5) is 10.1 Å². The number of aromatic amines is 1. The molecule has 7 heteroatoms. The first-order valence-electron chi connectivity index (χ1n) is 6.04. The molecule has 2 N–H and O–H groups in total. The van der Waals surface area contributed by atoms with Crippen LogP contribution in [-0.2, 0) is 9.47 Å². The summed E-state index contributed by atoms with van der Waals surface area (Å²) in [7, 11) is 2.98. The van der Waals surface area contributed by atoms with E-state index in [-0.39, 0.29) is 17.8 Å². The van der Waals surface area contributed by atoms with Crippen molar-refractivity contribution in [2.75, 3.05) is 26.1 Å². The van der Waals surface area contributed by atoms with Crippen LogP contribution in [0.1, 0.15) is 5.82 Å². The number of aryl methyl sites for hydroxylation is 1. The number of nitrogens with zero attached hydrogens (tertiary/aromatic N) is 1. The lowest BCUT2D eigenvalue weighted by atomic mass is 10.2. The fourth-order valence-electron chi connectivity index (χ4n) is 1.87. The highest BCUT2D eigenvalue weighted by Crippen LogP contribution is 2.19. The largest absolute Gasteiger partial charge is 0.378 e. The molecule has 0 bridgehead atoms. The van der Waals surface area contributed by atoms with E-state index in [1.165, 1.54) is 26.4 Å². The van der Waals surface area contributed by atoms with E-state index in [4.69, 9.17) is 9.47 Å². The molecule has 0 amide bonds. The monoisotopic (exact) mass is 281 g/mol. The van der Waals surface area contributed by atoms with Gasteiger partial charge < -0.3 is 19.8 Å². The Labute approximate surface area is 114 Å². The molecular formula is C13H16FN3O3. The number of H-pyrrole nitrogens is 1. The van der Waals surface area contributed by atoms with Gasteiger partial charge >= 0.3 is 0 Å². The number of ether oxygens (including phenoxy) is 2. The minimum absolute atomic E-state index is 0.202. The number of hydrogen-bond acceptors (Lipinski definition) is 5. The van der Waals surface area contributed by atoms with E-state index in [0.29, 0.717) is 16.7 Å². The molecule has 0 atom stereocenters. The van der Waals surface area contributed by atoms with Gasteiger partial charge in [0.25, 0.3) is 5.56 Å². The van der Waals surface area contributed by atoms with Crippen LogP contribution >= 0.6 is 0 Å². The van der Waals surface area contributed by atoms with Gasteiger partial charge in [0.15, 0.2) is 6.29 Å². The third kappa shape index (κ3) is 2.94. The molecule has 1 aromatic heterocycles. The van der Waals surface area contributed by atoms with Gasteiger partial charge in [-0.05, 0) is 13.0 Å². The third-order valence-electron chi connectivity index (χ3n) is 2.90. The molecule has 20 heavy (non-hydrogen) atoms. The maximum absolute atomic E-state index is 13.9. The molecule has 0 aliphatic heterocycles. The average Bonchev–Trinajstić information content (AvgIpc) is 2.40. The van der Waals surface area contributed by atoms with Crippen molar-refractivity contribution in [3.8, 4) is 0 Å². The first kappa shape index (κ1) is 14.4. The van der Waals surface area contributed by atoms with E-state index < -0.39 is 12.1 Å². The van der Waals surface area contributed by atoms with E-state index in [1.54, 1.807) is 6.92 Å². The predicted molar refractivity (Wildman–Crippen MR) is 73.4 cm³/mol. The summed E-state index contributed by atoms with van der Waals surface area (Å²) in [4.78, 5) is 18.5. The Balaban J connectivity index is 2.35. The third-order valence-corrected chi connectivity index (χ3v) is 2.90. The zero-order valence-corrected chi connectivity index (χ0v) is 11.5. The van der Waals surface area contributed by atoms with Crippen molar-refractivity contribution in [1.29, 1.82) is 0 Å². The van der Waals surface area contributed by atoms with Gasteiger partial charge in [0.05, 0.1) is 23.1 Å². The maximum Gasteiger partial charge on any atom is 0.258 e. The molecule has 0 unspecified atom stereocenters. The summed E-state index contributed by atoms with van der Waals surface area (Å²) >= 11 is 0. The predicted octanol–water partition coefficient (Wildman–Crippen LogP) is 1.40. The zero-order valence-electron chi connectivity index (χ0n) is 11.5. The van der Waals surface area contributed by atoms with Crippen molar-refractivity contribution in [1.82, 2.24) is 9.97 Å². The van der Waals surface area contributed by atoms with Crippen molar-refractivity contribution in [2.24, 2.45) is 0 Å². The van der Waals surface area contributed by atoms with Crippen LogP contribution in [0, 0.1) is 12.7 Å². The van der Waals surface area contributed by atoms with Crippen LogP contribution in [0.5, 0.6) is 0 Å². The first-order chi connectivity index (χ1) is 9.55. The molecular weight excluding hydrogens is 265 g/mol. The minimum atomic E-state index is -0.500. The number of aromatic nitrogens is 2. The van der Waals surface area contributed by atoms with Gasteiger partial charge in [-0.2, -0.15) is 0 Å². The number of rotatable bonds is 5. The second-order valence-corrected chi connectivity index (χ2v) is 4.28. The Bertz CT molecular complexity index is 668. The Morgan fingerprint density at radius 3 is 2.75 bits per heavy atom. The summed E-state index contributed by atoms with van der Waals surface area (Å²) in [5, 5.41) is 3.17. The number of fused-ring (bicyclic) bond motifs is 1. The summed E-state index contributed by atoms with van der Waals surface area (Å²) in [6.45, 7) is 1.90. The van der Waals surface area contributed by atoms with Gasteiger partial charge in [0.2, 0.25) is 0 Å². The Hall–Kier alpha value is -1.99. The van der Waals surface area contributed by atoms with Crippen LogP contribution in [0.15, 0.2) is 16.9 Å². The van der Waals surface area contributed by atoms with Gasteiger partial charge in [-0.3, -0.25) is 4.79 Å². The van der Waals surface area contributed by atoms with Crippen LogP contribution in [0.25, 0.3) is 10.9 Å². The van der Waals surface area contributed by atoms with Gasteiger partial charge in [-0.25, -0.2) is 9.37 Å². The lowest BCUT2D eigenvalue weighted by Gasteiger charge is -2.15. The molecule has 108 valence electrons. The maximum atomic E-state index is 13.9. The number of benzene rings is 1. The van der Waals surface area contributed by atoms with E-state index in [0.717, 1.165) is 0 Å². The Morgan fingerprint density at radius 2 is 2.10 bits per heavy atom. The number of hydrogen-bond donors (Lipinski definition) is 2. The van der Waals surface area contributed by atoms with E-state index in [1.807, 2.05) is 0 Å². The van der Waals surface area contributed by atoms with Crippen LogP contribution in [0.3, 0.4) is 0 Å². The minimum Gasteiger partial charge on any atom is -0.378 e. The van der Waals surface area contributed by atoms with Gasteiger partial charge in [0.1, 0.15) is 11.6 Å². The lowest BCUT2D eigenvalue weighted by molar-refractivity contribution is -0.0914. The molecule has 0 saturated carbocycles. The number of halogens is 1. The Kier molecular flexibility index (Phi) is 4.31. The second-order valence-electron chi connectivity index (χ2n) is 4.28. The normalized spacial score (nSPS) is 11.2. The highest BCUT2D eigenvalue weighted by molar-refractivity contribution is 5.81. The molecule has 1 aromatic carbocycles. The van der Waals surface area contributed by atoms with E-state index in [9.17, 15) is 9.18 Å². The lowest BCUT2D eigenvalue weighted by Crippen LogP contribution is -2.24. The summed E-state index contributed by atoms with van der Waals surface area (Å²) < 4.78 is 23.9. The van der Waals surface area contributed by atoms with E-state index >= 15 is 0 Å². The van der Waals surface area contributed by atoms with Crippen LogP contribution < -0.4 is 10.9 Å². The van der Waals surface area contributed by atoms with Crippen molar-refractivity contribution in [3.05, 3.63) is 34.1 Å². The number of anilines is 1.